The summed E-state index contributed by atoms with van der Waals surface area (Å²) in [6.07, 6.45) is 6.06. The molecule has 7 heteroatoms. The SMILES string of the molecule is Cc1noc([C@@H]2CCCN(C(=O)c3cc(N4CCCC4)ccn3)C2)n1. The lowest BCUT2D eigenvalue weighted by atomic mass is 9.97. The fourth-order valence-corrected chi connectivity index (χ4v) is 3.71. The fraction of sp³-hybridized carbons (Fsp3) is 0.556. The van der Waals surface area contributed by atoms with Gasteiger partial charge in [0.2, 0.25) is 5.89 Å². The second-order valence-electron chi connectivity index (χ2n) is 6.86. The molecule has 0 spiro atoms. The summed E-state index contributed by atoms with van der Waals surface area (Å²) in [5.41, 5.74) is 1.61. The van der Waals surface area contributed by atoms with Crippen LogP contribution in [0, 0.1) is 6.92 Å². The number of carbonyl (C=O) groups is 1. The summed E-state index contributed by atoms with van der Waals surface area (Å²) in [6, 6.07) is 3.91. The van der Waals surface area contributed by atoms with Crippen molar-refractivity contribution in [2.45, 2.75) is 38.5 Å². The Labute approximate surface area is 147 Å². The van der Waals surface area contributed by atoms with Gasteiger partial charge in [-0.2, -0.15) is 4.98 Å². The van der Waals surface area contributed by atoms with Crippen LogP contribution in [0.3, 0.4) is 0 Å². The van der Waals surface area contributed by atoms with Crippen LogP contribution in [0.4, 0.5) is 5.69 Å². The van der Waals surface area contributed by atoms with Crippen molar-refractivity contribution >= 4 is 11.6 Å². The van der Waals surface area contributed by atoms with E-state index in [-0.39, 0.29) is 11.8 Å². The van der Waals surface area contributed by atoms with Gasteiger partial charge in [-0.25, -0.2) is 0 Å². The molecule has 2 aliphatic heterocycles. The molecule has 0 unspecified atom stereocenters. The predicted octanol–water partition coefficient (Wildman–Crippen LogP) is 2.39. The third kappa shape index (κ3) is 3.36. The van der Waals surface area contributed by atoms with E-state index in [1.165, 1.54) is 12.8 Å². The van der Waals surface area contributed by atoms with Crippen molar-refractivity contribution in [3.63, 3.8) is 0 Å². The standard InChI is InChI=1S/C18H23N5O2/c1-13-20-17(25-21-13)14-5-4-10-23(12-14)18(24)16-11-15(6-7-19-16)22-8-2-3-9-22/h6-7,11,14H,2-5,8-10,12H2,1H3/t14-/m1/s1. The lowest BCUT2D eigenvalue weighted by molar-refractivity contribution is 0.0689. The number of carbonyl (C=O) groups excluding carboxylic acids is 1. The molecule has 2 aromatic rings. The van der Waals surface area contributed by atoms with E-state index >= 15 is 0 Å². The highest BCUT2D eigenvalue weighted by atomic mass is 16.5. The molecule has 7 nitrogen and oxygen atoms in total. The van der Waals surface area contributed by atoms with E-state index in [1.54, 1.807) is 6.20 Å². The number of aromatic nitrogens is 3. The fourth-order valence-electron chi connectivity index (χ4n) is 3.71. The van der Waals surface area contributed by atoms with Crippen LogP contribution in [0.5, 0.6) is 0 Å². The minimum Gasteiger partial charge on any atom is -0.371 e. The van der Waals surface area contributed by atoms with Crippen molar-refractivity contribution in [1.82, 2.24) is 20.0 Å². The molecule has 0 bridgehead atoms. The summed E-state index contributed by atoms with van der Waals surface area (Å²) in [6.45, 7) is 5.28. The number of pyridine rings is 1. The first kappa shape index (κ1) is 16.1. The van der Waals surface area contributed by atoms with Crippen molar-refractivity contribution in [2.24, 2.45) is 0 Å². The Morgan fingerprint density at radius 1 is 1.24 bits per heavy atom. The van der Waals surface area contributed by atoms with E-state index in [1.807, 2.05) is 24.0 Å². The highest BCUT2D eigenvalue weighted by Gasteiger charge is 2.29. The van der Waals surface area contributed by atoms with E-state index in [4.69, 9.17) is 4.52 Å². The highest BCUT2D eigenvalue weighted by Crippen LogP contribution is 2.27. The van der Waals surface area contributed by atoms with Gasteiger partial charge in [0.15, 0.2) is 5.82 Å². The Balaban J connectivity index is 1.49. The quantitative estimate of drug-likeness (QED) is 0.853. The maximum atomic E-state index is 12.9. The Morgan fingerprint density at radius 2 is 2.08 bits per heavy atom. The molecular weight excluding hydrogens is 318 g/mol. The van der Waals surface area contributed by atoms with Crippen molar-refractivity contribution in [3.8, 4) is 0 Å². The topological polar surface area (TPSA) is 75.4 Å². The van der Waals surface area contributed by atoms with Gasteiger partial charge in [0.1, 0.15) is 5.69 Å². The Kier molecular flexibility index (Phi) is 4.38. The Morgan fingerprint density at radius 3 is 2.84 bits per heavy atom. The largest absolute Gasteiger partial charge is 0.371 e. The molecule has 1 atom stereocenters. The van der Waals surface area contributed by atoms with Crippen LogP contribution in [0.2, 0.25) is 0 Å². The van der Waals surface area contributed by atoms with Gasteiger partial charge in [0.25, 0.3) is 5.91 Å². The van der Waals surface area contributed by atoms with Gasteiger partial charge >= 0.3 is 0 Å². The van der Waals surface area contributed by atoms with Gasteiger partial charge in [-0.1, -0.05) is 5.16 Å². The molecule has 0 aromatic carbocycles. The summed E-state index contributed by atoms with van der Waals surface area (Å²) >= 11 is 0. The lowest BCUT2D eigenvalue weighted by Crippen LogP contribution is -2.39. The van der Waals surface area contributed by atoms with Crippen LogP contribution in [-0.4, -0.2) is 52.1 Å². The number of aryl methyl sites for hydroxylation is 1. The highest BCUT2D eigenvalue weighted by molar-refractivity contribution is 5.93. The second-order valence-corrected chi connectivity index (χ2v) is 6.86. The summed E-state index contributed by atoms with van der Waals surface area (Å²) in [5.74, 6) is 1.37. The Hall–Kier alpha value is -2.44. The van der Waals surface area contributed by atoms with Crippen molar-refractivity contribution < 1.29 is 9.32 Å². The van der Waals surface area contributed by atoms with Gasteiger partial charge in [0.05, 0.1) is 5.92 Å². The lowest BCUT2D eigenvalue weighted by Gasteiger charge is -2.31. The zero-order valence-electron chi connectivity index (χ0n) is 14.5. The molecule has 2 fully saturated rings. The minimum atomic E-state index is -0.0121. The molecule has 2 saturated heterocycles. The van der Waals surface area contributed by atoms with Gasteiger partial charge < -0.3 is 14.3 Å². The zero-order chi connectivity index (χ0) is 17.2. The number of hydrogen-bond donors (Lipinski definition) is 0. The van der Waals surface area contributed by atoms with E-state index in [2.05, 4.69) is 20.0 Å². The average Bonchev–Trinajstić information content (AvgIpc) is 3.33. The normalized spacial score (nSPS) is 20.9. The number of rotatable bonds is 3. The first-order valence-electron chi connectivity index (χ1n) is 9.01. The van der Waals surface area contributed by atoms with Crippen molar-refractivity contribution in [1.29, 1.82) is 0 Å². The van der Waals surface area contributed by atoms with Crippen LogP contribution in [0.15, 0.2) is 22.9 Å². The van der Waals surface area contributed by atoms with E-state index in [9.17, 15) is 4.79 Å². The maximum absolute atomic E-state index is 12.9. The average molecular weight is 341 g/mol. The van der Waals surface area contributed by atoms with Crippen LogP contribution in [0.25, 0.3) is 0 Å². The summed E-state index contributed by atoms with van der Waals surface area (Å²) in [7, 11) is 0. The van der Waals surface area contributed by atoms with E-state index in [0.717, 1.165) is 38.2 Å². The summed E-state index contributed by atoms with van der Waals surface area (Å²) < 4.78 is 5.30. The number of nitrogens with zero attached hydrogens (tertiary/aromatic N) is 5. The van der Waals surface area contributed by atoms with Crippen LogP contribution >= 0.6 is 0 Å². The maximum Gasteiger partial charge on any atom is 0.272 e. The third-order valence-electron chi connectivity index (χ3n) is 5.03. The smallest absolute Gasteiger partial charge is 0.272 e. The molecule has 0 aliphatic carbocycles. The van der Waals surface area contributed by atoms with Crippen molar-refractivity contribution in [2.75, 3.05) is 31.1 Å². The Bertz CT molecular complexity index is 753. The molecule has 0 saturated carbocycles. The second kappa shape index (κ2) is 6.82. The van der Waals surface area contributed by atoms with Gasteiger partial charge in [0, 0.05) is 38.1 Å². The molecule has 4 rings (SSSR count). The zero-order valence-corrected chi connectivity index (χ0v) is 14.5. The molecule has 0 N–H and O–H groups in total. The van der Waals surface area contributed by atoms with Crippen LogP contribution in [-0.2, 0) is 0 Å². The molecule has 25 heavy (non-hydrogen) atoms. The van der Waals surface area contributed by atoms with Gasteiger partial charge in [-0.15, -0.1) is 0 Å². The number of anilines is 1. The van der Waals surface area contributed by atoms with Gasteiger partial charge in [-0.3, -0.25) is 9.78 Å². The van der Waals surface area contributed by atoms with Crippen LogP contribution < -0.4 is 4.90 Å². The van der Waals surface area contributed by atoms with E-state index in [0.29, 0.717) is 24.0 Å². The number of likely N-dealkylation sites (tertiary alicyclic amines) is 1. The number of amides is 1. The first-order chi connectivity index (χ1) is 12.2. The number of piperidine rings is 1. The first-order valence-corrected chi connectivity index (χ1v) is 9.01. The molecule has 4 heterocycles. The predicted molar refractivity (Wildman–Crippen MR) is 92.6 cm³/mol. The molecule has 2 aromatic heterocycles. The third-order valence-corrected chi connectivity index (χ3v) is 5.03. The van der Waals surface area contributed by atoms with Crippen molar-refractivity contribution in [3.05, 3.63) is 35.7 Å². The number of hydrogen-bond acceptors (Lipinski definition) is 6. The van der Waals surface area contributed by atoms with Crippen LogP contribution in [0.1, 0.15) is 53.8 Å². The monoisotopic (exact) mass is 341 g/mol. The molecule has 0 radical (unpaired) electrons. The molecule has 2 aliphatic rings. The van der Waals surface area contributed by atoms with E-state index < -0.39 is 0 Å². The molecular formula is C18H23N5O2. The molecule has 132 valence electrons. The molecule has 1 amide bonds. The van der Waals surface area contributed by atoms with Gasteiger partial charge in [-0.05, 0) is 44.7 Å². The minimum absolute atomic E-state index is 0.0121. The summed E-state index contributed by atoms with van der Waals surface area (Å²) in [5, 5.41) is 3.87. The summed E-state index contributed by atoms with van der Waals surface area (Å²) in [4.78, 5) is 25.8.